The summed E-state index contributed by atoms with van der Waals surface area (Å²) in [5, 5.41) is 2.18. The largest absolute Gasteiger partial charge is 0.453 e. The molecule has 0 aromatic heterocycles. The van der Waals surface area contributed by atoms with Gasteiger partial charge in [-0.2, -0.15) is 0 Å². The average molecular weight is 236 g/mol. The van der Waals surface area contributed by atoms with E-state index in [9.17, 15) is 4.79 Å². The van der Waals surface area contributed by atoms with Crippen molar-refractivity contribution >= 4 is 40.9 Å². The molecule has 0 aromatic rings. The molecule has 0 fully saturated rings. The Bertz CT molecular complexity index is 159. The molecule has 0 unspecified atom stereocenters. The van der Waals surface area contributed by atoms with Gasteiger partial charge >= 0.3 is 6.09 Å². The molecular formula is C5H8Cl3NO3. The van der Waals surface area contributed by atoms with Crippen molar-refractivity contribution in [1.29, 1.82) is 0 Å². The number of hydrogen-bond donors (Lipinski definition) is 1. The average Bonchev–Trinajstić information content (AvgIpc) is 1.97. The second-order valence-corrected chi connectivity index (χ2v) is 4.16. The molecule has 0 aliphatic heterocycles. The molecule has 0 heterocycles. The van der Waals surface area contributed by atoms with Gasteiger partial charge in [0.2, 0.25) is 3.79 Å². The normalized spacial score (nSPS) is 13.8. The van der Waals surface area contributed by atoms with Gasteiger partial charge in [-0.15, -0.1) is 0 Å². The first kappa shape index (κ1) is 12.1. The van der Waals surface area contributed by atoms with E-state index in [0.717, 1.165) is 0 Å². The SMILES string of the molecule is COC(=O)N[C@H](OC)C(Cl)(Cl)Cl. The van der Waals surface area contributed by atoms with Gasteiger partial charge in [-0.05, 0) is 0 Å². The summed E-state index contributed by atoms with van der Waals surface area (Å²) in [6.07, 6.45) is -1.76. The molecule has 1 N–H and O–H groups in total. The van der Waals surface area contributed by atoms with Crippen molar-refractivity contribution in [3.05, 3.63) is 0 Å². The Hall–Kier alpha value is 0.1000. The van der Waals surface area contributed by atoms with Gasteiger partial charge in [0.1, 0.15) is 0 Å². The minimum atomic E-state index is -1.72. The number of alkyl halides is 3. The fraction of sp³-hybridized carbons (Fsp3) is 0.800. The lowest BCUT2D eigenvalue weighted by Gasteiger charge is -2.22. The third kappa shape index (κ3) is 4.21. The molecule has 4 nitrogen and oxygen atoms in total. The minimum Gasteiger partial charge on any atom is -0.453 e. The molecule has 1 atom stereocenters. The van der Waals surface area contributed by atoms with Gasteiger partial charge in [-0.3, -0.25) is 5.32 Å². The first-order chi connectivity index (χ1) is 5.41. The molecule has 0 aliphatic carbocycles. The molecule has 1 amide bonds. The van der Waals surface area contributed by atoms with Crippen molar-refractivity contribution < 1.29 is 14.3 Å². The van der Waals surface area contributed by atoms with Crippen LogP contribution in [0.4, 0.5) is 4.79 Å². The summed E-state index contributed by atoms with van der Waals surface area (Å²) in [5.41, 5.74) is 0. The molecule has 72 valence electrons. The number of ether oxygens (including phenoxy) is 2. The first-order valence-corrected chi connectivity index (χ1v) is 3.99. The molecule has 0 bridgehead atoms. The van der Waals surface area contributed by atoms with Gasteiger partial charge in [-0.25, -0.2) is 4.79 Å². The Labute approximate surface area is 85.0 Å². The van der Waals surface area contributed by atoms with E-state index in [1.54, 1.807) is 0 Å². The van der Waals surface area contributed by atoms with Crippen LogP contribution in [-0.2, 0) is 9.47 Å². The zero-order chi connectivity index (χ0) is 9.78. The number of methoxy groups -OCH3 is 2. The molecule has 7 heteroatoms. The van der Waals surface area contributed by atoms with E-state index in [1.807, 2.05) is 0 Å². The summed E-state index contributed by atoms with van der Waals surface area (Å²) >= 11 is 16.3. The summed E-state index contributed by atoms with van der Waals surface area (Å²) in [4.78, 5) is 10.6. The third-order valence-electron chi connectivity index (χ3n) is 0.967. The zero-order valence-corrected chi connectivity index (χ0v) is 8.70. The maximum absolute atomic E-state index is 10.6. The van der Waals surface area contributed by atoms with Gasteiger partial charge in [-0.1, -0.05) is 34.8 Å². The fourth-order valence-corrected chi connectivity index (χ4v) is 0.871. The maximum atomic E-state index is 10.6. The monoisotopic (exact) mass is 235 g/mol. The molecule has 0 saturated carbocycles. The Morgan fingerprint density at radius 1 is 1.42 bits per heavy atom. The van der Waals surface area contributed by atoms with Crippen LogP contribution in [0.3, 0.4) is 0 Å². The van der Waals surface area contributed by atoms with Crippen LogP contribution in [0.15, 0.2) is 0 Å². The van der Waals surface area contributed by atoms with Crippen LogP contribution in [0.2, 0.25) is 0 Å². The number of carbonyl (C=O) groups is 1. The van der Waals surface area contributed by atoms with Crippen molar-refractivity contribution in [2.24, 2.45) is 0 Å². The lowest BCUT2D eigenvalue weighted by atomic mass is 10.6. The Kier molecular flexibility index (Phi) is 5.01. The van der Waals surface area contributed by atoms with Crippen molar-refractivity contribution in [2.75, 3.05) is 14.2 Å². The summed E-state index contributed by atoms with van der Waals surface area (Å²) in [6, 6.07) is 0. The van der Waals surface area contributed by atoms with Crippen molar-refractivity contribution in [3.8, 4) is 0 Å². The van der Waals surface area contributed by atoms with E-state index >= 15 is 0 Å². The molecule has 0 aromatic carbocycles. The van der Waals surface area contributed by atoms with E-state index in [-0.39, 0.29) is 0 Å². The summed E-state index contributed by atoms with van der Waals surface area (Å²) < 4.78 is 7.23. The van der Waals surface area contributed by atoms with Crippen LogP contribution in [0, 0.1) is 0 Å². The molecule has 0 radical (unpaired) electrons. The molecule has 12 heavy (non-hydrogen) atoms. The second-order valence-electron chi connectivity index (χ2n) is 1.79. The Balaban J connectivity index is 4.09. The number of rotatable bonds is 2. The second kappa shape index (κ2) is 4.97. The molecule has 0 rings (SSSR count). The number of halogens is 3. The van der Waals surface area contributed by atoms with E-state index in [0.29, 0.717) is 0 Å². The third-order valence-corrected chi connectivity index (χ3v) is 1.56. The van der Waals surface area contributed by atoms with Crippen LogP contribution >= 0.6 is 34.8 Å². The van der Waals surface area contributed by atoms with Crippen LogP contribution < -0.4 is 5.32 Å². The van der Waals surface area contributed by atoms with Crippen LogP contribution in [0.25, 0.3) is 0 Å². The van der Waals surface area contributed by atoms with E-state index in [2.05, 4.69) is 14.8 Å². The highest BCUT2D eigenvalue weighted by atomic mass is 35.6. The van der Waals surface area contributed by atoms with Gasteiger partial charge < -0.3 is 9.47 Å². The fourth-order valence-electron chi connectivity index (χ4n) is 0.440. The van der Waals surface area contributed by atoms with Gasteiger partial charge in [0.05, 0.1) is 7.11 Å². The van der Waals surface area contributed by atoms with Crippen molar-refractivity contribution in [2.45, 2.75) is 10.0 Å². The highest BCUT2D eigenvalue weighted by Crippen LogP contribution is 2.30. The number of carbonyl (C=O) groups excluding carboxylic acids is 1. The lowest BCUT2D eigenvalue weighted by Crippen LogP contribution is -2.44. The van der Waals surface area contributed by atoms with E-state index in [4.69, 9.17) is 34.8 Å². The topological polar surface area (TPSA) is 47.6 Å². The van der Waals surface area contributed by atoms with Gasteiger partial charge in [0, 0.05) is 7.11 Å². The van der Waals surface area contributed by atoms with Gasteiger partial charge in [0.15, 0.2) is 6.23 Å². The molecular weight excluding hydrogens is 228 g/mol. The summed E-state index contributed by atoms with van der Waals surface area (Å²) in [6.45, 7) is 0. The highest BCUT2D eigenvalue weighted by molar-refractivity contribution is 6.68. The smallest absolute Gasteiger partial charge is 0.409 e. The summed E-state index contributed by atoms with van der Waals surface area (Å²) in [5.74, 6) is 0. The number of amides is 1. The highest BCUT2D eigenvalue weighted by Gasteiger charge is 2.34. The van der Waals surface area contributed by atoms with Crippen LogP contribution in [0.5, 0.6) is 0 Å². The molecule has 0 saturated heterocycles. The molecule has 0 spiro atoms. The van der Waals surface area contributed by atoms with Crippen LogP contribution in [-0.4, -0.2) is 30.3 Å². The number of hydrogen-bond acceptors (Lipinski definition) is 3. The number of nitrogens with one attached hydrogen (secondary N) is 1. The zero-order valence-electron chi connectivity index (χ0n) is 6.44. The predicted molar refractivity (Wildman–Crippen MR) is 46.6 cm³/mol. The first-order valence-electron chi connectivity index (χ1n) is 2.85. The predicted octanol–water partition coefficient (Wildman–Crippen LogP) is 1.69. The van der Waals surface area contributed by atoms with E-state index in [1.165, 1.54) is 14.2 Å². The van der Waals surface area contributed by atoms with Crippen molar-refractivity contribution in [1.82, 2.24) is 5.32 Å². The quantitative estimate of drug-likeness (QED) is 0.586. The van der Waals surface area contributed by atoms with Gasteiger partial charge in [0.25, 0.3) is 0 Å². The minimum absolute atomic E-state index is 0.729. The maximum Gasteiger partial charge on any atom is 0.409 e. The van der Waals surface area contributed by atoms with E-state index < -0.39 is 16.1 Å². The molecule has 0 aliphatic rings. The number of alkyl carbamates (subject to hydrolysis) is 1. The standard InChI is InChI=1S/C5H8Cl3NO3/c1-11-3(5(6,7)8)9-4(10)12-2/h3H,1-2H3,(H,9,10)/t3-/m1/s1. The lowest BCUT2D eigenvalue weighted by molar-refractivity contribution is 0.0698. The van der Waals surface area contributed by atoms with Crippen LogP contribution in [0.1, 0.15) is 0 Å². The summed E-state index contributed by atoms with van der Waals surface area (Å²) in [7, 11) is 2.49. The Morgan fingerprint density at radius 3 is 2.17 bits per heavy atom. The van der Waals surface area contributed by atoms with Crippen molar-refractivity contribution in [3.63, 3.8) is 0 Å². The Morgan fingerprint density at radius 2 is 1.92 bits per heavy atom.